The molecule has 0 saturated heterocycles. The van der Waals surface area contributed by atoms with Crippen molar-refractivity contribution < 1.29 is 9.21 Å². The molecule has 120 valence electrons. The fourth-order valence-corrected chi connectivity index (χ4v) is 2.80. The summed E-state index contributed by atoms with van der Waals surface area (Å²) in [7, 11) is 0. The third-order valence-electron chi connectivity index (χ3n) is 3.51. The van der Waals surface area contributed by atoms with Gasteiger partial charge in [-0.3, -0.25) is 4.79 Å². The van der Waals surface area contributed by atoms with Gasteiger partial charge in [0.1, 0.15) is 5.76 Å². The Balaban J connectivity index is 1.70. The minimum Gasteiger partial charge on any atom is -0.451 e. The van der Waals surface area contributed by atoms with Crippen LogP contribution in [0.5, 0.6) is 0 Å². The summed E-state index contributed by atoms with van der Waals surface area (Å²) in [6.45, 7) is 0. The van der Waals surface area contributed by atoms with Crippen LogP contribution in [0.4, 0.5) is 5.69 Å². The number of rotatable bonds is 5. The molecule has 0 aliphatic rings. The number of carbonyl (C=O) groups excluding carboxylic acids is 1. The van der Waals surface area contributed by atoms with Crippen LogP contribution in [0.15, 0.2) is 77.2 Å². The molecule has 0 fully saturated rings. The predicted octanol–water partition coefficient (Wildman–Crippen LogP) is 5.13. The van der Waals surface area contributed by atoms with E-state index < -0.39 is 0 Å². The smallest absolute Gasteiger partial charge is 0.248 e. The van der Waals surface area contributed by atoms with Crippen LogP contribution in [0.1, 0.15) is 16.9 Å². The van der Waals surface area contributed by atoms with Crippen molar-refractivity contribution >= 4 is 40.3 Å². The number of para-hydroxylation sites is 1. The van der Waals surface area contributed by atoms with E-state index in [1.54, 1.807) is 6.08 Å². The van der Waals surface area contributed by atoms with Gasteiger partial charge in [-0.1, -0.05) is 48.5 Å². The van der Waals surface area contributed by atoms with Gasteiger partial charge in [-0.25, -0.2) is 0 Å². The Morgan fingerprint density at radius 1 is 1.00 bits per heavy atom. The van der Waals surface area contributed by atoms with E-state index in [-0.39, 0.29) is 5.91 Å². The van der Waals surface area contributed by atoms with Gasteiger partial charge >= 0.3 is 0 Å². The van der Waals surface area contributed by atoms with Crippen molar-refractivity contribution in [1.29, 1.82) is 0 Å². The van der Waals surface area contributed by atoms with Crippen molar-refractivity contribution in [3.8, 4) is 0 Å². The van der Waals surface area contributed by atoms with Crippen LogP contribution in [0.25, 0.3) is 6.08 Å². The summed E-state index contributed by atoms with van der Waals surface area (Å²) in [5.41, 5.74) is 3.11. The van der Waals surface area contributed by atoms with Gasteiger partial charge < -0.3 is 9.73 Å². The normalized spacial score (nSPS) is 10.9. The third kappa shape index (κ3) is 4.58. The predicted molar refractivity (Wildman–Crippen MR) is 105 cm³/mol. The molecular formula is C20H16INO2. The zero-order chi connectivity index (χ0) is 16.8. The van der Waals surface area contributed by atoms with E-state index in [1.807, 2.05) is 54.6 Å². The summed E-state index contributed by atoms with van der Waals surface area (Å²) in [4.78, 5) is 12.2. The summed E-state index contributed by atoms with van der Waals surface area (Å²) in [6.07, 6.45) is 3.92. The number of anilines is 1. The molecule has 0 saturated carbocycles. The maximum Gasteiger partial charge on any atom is 0.248 e. The van der Waals surface area contributed by atoms with Gasteiger partial charge in [0.05, 0.1) is 0 Å². The second-order valence-electron chi connectivity index (χ2n) is 5.28. The molecule has 1 heterocycles. The minimum absolute atomic E-state index is 0.179. The molecule has 1 aromatic heterocycles. The highest BCUT2D eigenvalue weighted by Crippen LogP contribution is 2.19. The first kappa shape index (κ1) is 16.5. The van der Waals surface area contributed by atoms with E-state index in [0.717, 1.165) is 21.4 Å². The van der Waals surface area contributed by atoms with Crippen molar-refractivity contribution in [2.75, 3.05) is 5.32 Å². The first-order valence-corrected chi connectivity index (χ1v) is 8.65. The molecule has 0 aliphatic carbocycles. The summed E-state index contributed by atoms with van der Waals surface area (Å²) >= 11 is 2.09. The van der Waals surface area contributed by atoms with Crippen LogP contribution in [-0.4, -0.2) is 5.91 Å². The highest BCUT2D eigenvalue weighted by Gasteiger charge is 2.05. The van der Waals surface area contributed by atoms with Crippen LogP contribution in [0.3, 0.4) is 0 Å². The van der Waals surface area contributed by atoms with Crippen LogP contribution < -0.4 is 5.32 Å². The average molecular weight is 429 g/mol. The quantitative estimate of drug-likeness (QED) is 0.452. The monoisotopic (exact) mass is 429 g/mol. The Morgan fingerprint density at radius 2 is 1.75 bits per heavy atom. The summed E-state index contributed by atoms with van der Waals surface area (Å²) in [6, 6.07) is 21.7. The van der Waals surface area contributed by atoms with Gasteiger partial charge in [-0.05, 0) is 64.4 Å². The Kier molecular flexibility index (Phi) is 5.48. The summed E-state index contributed by atoms with van der Waals surface area (Å²) in [5.74, 6) is 0.481. The SMILES string of the molecule is O=C(C=Cc1ccc(I)o1)Nc1ccccc1Cc1ccccc1. The van der Waals surface area contributed by atoms with Crippen molar-refractivity contribution in [2.45, 2.75) is 6.42 Å². The zero-order valence-electron chi connectivity index (χ0n) is 12.9. The molecular weight excluding hydrogens is 413 g/mol. The molecule has 4 heteroatoms. The Labute approximate surface area is 154 Å². The molecule has 0 unspecified atom stereocenters. The van der Waals surface area contributed by atoms with Crippen molar-refractivity contribution in [1.82, 2.24) is 0 Å². The number of benzene rings is 2. The molecule has 1 amide bonds. The number of halogens is 1. The molecule has 2 aromatic carbocycles. The maximum absolute atomic E-state index is 12.2. The zero-order valence-corrected chi connectivity index (χ0v) is 15.1. The Morgan fingerprint density at radius 3 is 2.50 bits per heavy atom. The first-order chi connectivity index (χ1) is 11.7. The minimum atomic E-state index is -0.179. The first-order valence-electron chi connectivity index (χ1n) is 7.57. The summed E-state index contributed by atoms with van der Waals surface area (Å²) < 4.78 is 6.20. The number of hydrogen-bond donors (Lipinski definition) is 1. The lowest BCUT2D eigenvalue weighted by Gasteiger charge is -2.10. The molecule has 3 rings (SSSR count). The second kappa shape index (κ2) is 7.97. The standard InChI is InChI=1S/C20H16INO2/c21-19-12-10-17(24-19)11-13-20(23)22-18-9-5-4-8-16(18)14-15-6-2-1-3-7-15/h1-13H,14H2,(H,22,23). The molecule has 0 bridgehead atoms. The third-order valence-corrected chi connectivity index (χ3v) is 4.09. The number of carbonyl (C=O) groups is 1. The van der Waals surface area contributed by atoms with E-state index in [4.69, 9.17) is 4.42 Å². The second-order valence-corrected chi connectivity index (χ2v) is 6.35. The summed E-state index contributed by atoms with van der Waals surface area (Å²) in [5, 5.41) is 2.94. The van der Waals surface area contributed by atoms with E-state index >= 15 is 0 Å². The molecule has 0 radical (unpaired) electrons. The van der Waals surface area contributed by atoms with E-state index in [9.17, 15) is 4.79 Å². The molecule has 0 spiro atoms. The maximum atomic E-state index is 12.2. The van der Waals surface area contributed by atoms with Crippen LogP contribution >= 0.6 is 22.6 Å². The Hall–Kier alpha value is -2.34. The topological polar surface area (TPSA) is 42.2 Å². The fraction of sp³-hybridized carbons (Fsp3) is 0.0500. The molecule has 3 nitrogen and oxygen atoms in total. The fourth-order valence-electron chi connectivity index (χ4n) is 2.36. The van der Waals surface area contributed by atoms with E-state index in [2.05, 4.69) is 40.0 Å². The highest BCUT2D eigenvalue weighted by molar-refractivity contribution is 14.1. The molecule has 0 atom stereocenters. The molecule has 24 heavy (non-hydrogen) atoms. The van der Waals surface area contributed by atoms with Gasteiger partial charge in [-0.15, -0.1) is 0 Å². The number of hydrogen-bond acceptors (Lipinski definition) is 2. The van der Waals surface area contributed by atoms with Crippen molar-refractivity contribution in [2.24, 2.45) is 0 Å². The number of nitrogens with one attached hydrogen (secondary N) is 1. The van der Waals surface area contributed by atoms with Gasteiger partial charge in [0.25, 0.3) is 0 Å². The van der Waals surface area contributed by atoms with E-state index in [1.165, 1.54) is 11.6 Å². The number of furan rings is 1. The van der Waals surface area contributed by atoms with Gasteiger partial charge in [0.2, 0.25) is 5.91 Å². The van der Waals surface area contributed by atoms with Gasteiger partial charge in [-0.2, -0.15) is 0 Å². The van der Waals surface area contributed by atoms with Crippen LogP contribution in [0.2, 0.25) is 0 Å². The molecule has 3 aromatic rings. The molecule has 1 N–H and O–H groups in total. The van der Waals surface area contributed by atoms with Gasteiger partial charge in [0, 0.05) is 11.8 Å². The molecule has 0 aliphatic heterocycles. The van der Waals surface area contributed by atoms with Gasteiger partial charge in [0.15, 0.2) is 3.77 Å². The largest absolute Gasteiger partial charge is 0.451 e. The lowest BCUT2D eigenvalue weighted by molar-refractivity contribution is -0.111. The lowest BCUT2D eigenvalue weighted by atomic mass is 10.0. The van der Waals surface area contributed by atoms with Crippen LogP contribution in [-0.2, 0) is 11.2 Å². The van der Waals surface area contributed by atoms with Crippen molar-refractivity contribution in [3.63, 3.8) is 0 Å². The average Bonchev–Trinajstić information content (AvgIpc) is 3.01. The van der Waals surface area contributed by atoms with E-state index in [0.29, 0.717) is 5.76 Å². The van der Waals surface area contributed by atoms with Crippen molar-refractivity contribution in [3.05, 3.63) is 93.5 Å². The lowest BCUT2D eigenvalue weighted by Crippen LogP contribution is -2.09. The van der Waals surface area contributed by atoms with Crippen LogP contribution in [0, 0.1) is 3.77 Å². The highest BCUT2D eigenvalue weighted by atomic mass is 127. The Bertz CT molecular complexity index is 853. The number of amides is 1.